The minimum atomic E-state index is -0.257. The highest BCUT2D eigenvalue weighted by molar-refractivity contribution is 5.98. The van der Waals surface area contributed by atoms with Crippen LogP contribution < -0.4 is 0 Å². The van der Waals surface area contributed by atoms with Crippen LogP contribution in [0.2, 0.25) is 0 Å². The van der Waals surface area contributed by atoms with Crippen LogP contribution in [-0.4, -0.2) is 17.7 Å². The molecule has 0 aliphatic rings. The lowest BCUT2D eigenvalue weighted by Crippen LogP contribution is -2.02. The average molecular weight is 372 g/mol. The van der Waals surface area contributed by atoms with E-state index in [9.17, 15) is 9.90 Å². The normalized spacial score (nSPS) is 11.6. The number of phenolic OH excluding ortho intramolecular Hbond substituents is 1. The zero-order valence-electron chi connectivity index (χ0n) is 16.0. The smallest absolute Gasteiger partial charge is 0.302 e. The van der Waals surface area contributed by atoms with E-state index in [1.54, 1.807) is 12.1 Å². The number of rotatable bonds is 7. The Morgan fingerprint density at radius 2 is 1.32 bits per heavy atom. The van der Waals surface area contributed by atoms with Crippen LogP contribution in [0, 0.1) is 0 Å². The highest BCUT2D eigenvalue weighted by Crippen LogP contribution is 2.35. The van der Waals surface area contributed by atoms with Crippen LogP contribution in [0.1, 0.15) is 36.5 Å². The molecule has 3 nitrogen and oxygen atoms in total. The molecule has 0 spiro atoms. The fourth-order valence-electron chi connectivity index (χ4n) is 3.27. The summed E-state index contributed by atoms with van der Waals surface area (Å²) in [5.41, 5.74) is 5.59. The molecule has 0 bridgehead atoms. The van der Waals surface area contributed by atoms with Gasteiger partial charge in [-0.2, -0.15) is 0 Å². The van der Waals surface area contributed by atoms with Crippen molar-refractivity contribution in [2.75, 3.05) is 6.61 Å². The fraction of sp³-hybridized carbons (Fsp3) is 0.160. The number of esters is 1. The number of carbonyl (C=O) groups excluding carboxylic acids is 1. The number of hydrogen-bond donors (Lipinski definition) is 1. The topological polar surface area (TPSA) is 46.5 Å². The number of phenols is 1. The molecule has 28 heavy (non-hydrogen) atoms. The third-order valence-electron chi connectivity index (χ3n) is 4.52. The summed E-state index contributed by atoms with van der Waals surface area (Å²) in [6, 6.07) is 27.8. The van der Waals surface area contributed by atoms with E-state index in [0.29, 0.717) is 6.61 Å². The molecule has 1 N–H and O–H groups in total. The van der Waals surface area contributed by atoms with Gasteiger partial charge in [-0.15, -0.1) is 0 Å². The van der Waals surface area contributed by atoms with Crippen LogP contribution in [0.4, 0.5) is 0 Å². The molecule has 0 fully saturated rings. The Labute approximate surface area is 165 Å². The second-order valence-corrected chi connectivity index (χ2v) is 6.58. The summed E-state index contributed by atoms with van der Waals surface area (Å²) in [4.78, 5) is 11.1. The van der Waals surface area contributed by atoms with Crippen molar-refractivity contribution < 1.29 is 14.6 Å². The monoisotopic (exact) mass is 372 g/mol. The second-order valence-electron chi connectivity index (χ2n) is 6.58. The molecule has 0 amide bonds. The van der Waals surface area contributed by atoms with Crippen molar-refractivity contribution in [2.24, 2.45) is 0 Å². The minimum Gasteiger partial charge on any atom is -0.508 e. The predicted molar refractivity (Wildman–Crippen MR) is 113 cm³/mol. The zero-order valence-corrected chi connectivity index (χ0v) is 16.0. The lowest BCUT2D eigenvalue weighted by Gasteiger charge is -2.18. The standard InChI is InChI=1S/C25H24O3/c1-19(26)28-18-8-13-24(20-9-4-2-5-10-20)25(21-11-6-3-7-12-21)22-14-16-23(27)17-15-22/h2-7,9-12,14-17,27H,8,13,18H2,1H3. The van der Waals surface area contributed by atoms with E-state index in [1.807, 2.05) is 48.5 Å². The van der Waals surface area contributed by atoms with Crippen LogP contribution in [0.3, 0.4) is 0 Å². The maximum Gasteiger partial charge on any atom is 0.302 e. The molecule has 0 aliphatic heterocycles. The van der Waals surface area contributed by atoms with E-state index < -0.39 is 0 Å². The quantitative estimate of drug-likeness (QED) is 0.329. The average Bonchev–Trinajstić information content (AvgIpc) is 2.72. The van der Waals surface area contributed by atoms with Gasteiger partial charge < -0.3 is 9.84 Å². The van der Waals surface area contributed by atoms with E-state index in [4.69, 9.17) is 4.74 Å². The predicted octanol–water partition coefficient (Wildman–Crippen LogP) is 5.69. The summed E-state index contributed by atoms with van der Waals surface area (Å²) in [6.45, 7) is 1.82. The van der Waals surface area contributed by atoms with Gasteiger partial charge in [-0.1, -0.05) is 72.8 Å². The van der Waals surface area contributed by atoms with E-state index in [2.05, 4.69) is 24.3 Å². The number of carbonyl (C=O) groups is 1. The number of ether oxygens (including phenoxy) is 1. The van der Waals surface area contributed by atoms with Crippen molar-refractivity contribution in [1.29, 1.82) is 0 Å². The van der Waals surface area contributed by atoms with Crippen molar-refractivity contribution in [2.45, 2.75) is 19.8 Å². The van der Waals surface area contributed by atoms with Crippen molar-refractivity contribution in [3.63, 3.8) is 0 Å². The lowest BCUT2D eigenvalue weighted by atomic mass is 9.87. The van der Waals surface area contributed by atoms with Crippen LogP contribution in [0.5, 0.6) is 5.75 Å². The van der Waals surface area contributed by atoms with Crippen LogP contribution >= 0.6 is 0 Å². The Morgan fingerprint density at radius 1 is 0.786 bits per heavy atom. The van der Waals surface area contributed by atoms with E-state index in [1.165, 1.54) is 12.5 Å². The molecular formula is C25H24O3. The molecule has 3 aromatic carbocycles. The van der Waals surface area contributed by atoms with E-state index in [-0.39, 0.29) is 11.7 Å². The summed E-state index contributed by atoms with van der Waals surface area (Å²) in [5, 5.41) is 9.73. The summed E-state index contributed by atoms with van der Waals surface area (Å²) in [6.07, 6.45) is 1.50. The van der Waals surface area contributed by atoms with Gasteiger partial charge in [0, 0.05) is 6.92 Å². The van der Waals surface area contributed by atoms with Crippen LogP contribution in [0.15, 0.2) is 84.9 Å². The Bertz CT molecular complexity index is 927. The molecule has 0 atom stereocenters. The van der Waals surface area contributed by atoms with Gasteiger partial charge in [0.2, 0.25) is 0 Å². The van der Waals surface area contributed by atoms with Gasteiger partial charge in [0.25, 0.3) is 0 Å². The highest BCUT2D eigenvalue weighted by atomic mass is 16.5. The number of benzene rings is 3. The first kappa shape index (κ1) is 19.4. The third-order valence-corrected chi connectivity index (χ3v) is 4.52. The first-order chi connectivity index (χ1) is 13.6. The maximum atomic E-state index is 11.1. The number of hydrogen-bond acceptors (Lipinski definition) is 3. The van der Waals surface area contributed by atoms with E-state index in [0.717, 1.165) is 35.1 Å². The Kier molecular flexibility index (Phi) is 6.64. The molecule has 142 valence electrons. The summed E-state index contributed by atoms with van der Waals surface area (Å²) < 4.78 is 5.14. The summed E-state index contributed by atoms with van der Waals surface area (Å²) in [5.74, 6) is -0.0145. The Morgan fingerprint density at radius 3 is 1.89 bits per heavy atom. The molecule has 3 heteroatoms. The van der Waals surface area contributed by atoms with Crippen LogP contribution in [-0.2, 0) is 9.53 Å². The van der Waals surface area contributed by atoms with Gasteiger partial charge in [0.05, 0.1) is 6.61 Å². The van der Waals surface area contributed by atoms with Gasteiger partial charge >= 0.3 is 5.97 Å². The molecule has 3 rings (SSSR count). The molecular weight excluding hydrogens is 348 g/mol. The zero-order chi connectivity index (χ0) is 19.8. The Balaban J connectivity index is 2.11. The van der Waals surface area contributed by atoms with Crippen molar-refractivity contribution >= 4 is 17.1 Å². The molecule has 0 heterocycles. The van der Waals surface area contributed by atoms with Gasteiger partial charge in [-0.25, -0.2) is 0 Å². The number of allylic oxidation sites excluding steroid dienone is 1. The molecule has 0 radical (unpaired) electrons. The number of aromatic hydroxyl groups is 1. The Hall–Kier alpha value is -3.33. The third kappa shape index (κ3) is 5.10. The van der Waals surface area contributed by atoms with Gasteiger partial charge in [0.1, 0.15) is 5.75 Å². The molecule has 0 saturated carbocycles. The van der Waals surface area contributed by atoms with Gasteiger partial charge in [-0.05, 0) is 52.8 Å². The molecule has 0 unspecified atom stereocenters. The molecule has 3 aromatic rings. The SMILES string of the molecule is CC(=O)OCCCC(=C(c1ccccc1)c1ccc(O)cc1)c1ccccc1. The molecule has 0 saturated heterocycles. The first-order valence-corrected chi connectivity index (χ1v) is 9.42. The fourth-order valence-corrected chi connectivity index (χ4v) is 3.27. The first-order valence-electron chi connectivity index (χ1n) is 9.42. The van der Waals surface area contributed by atoms with E-state index >= 15 is 0 Å². The highest BCUT2D eigenvalue weighted by Gasteiger charge is 2.14. The summed E-state index contributed by atoms with van der Waals surface area (Å²) >= 11 is 0. The molecule has 0 aromatic heterocycles. The summed E-state index contributed by atoms with van der Waals surface area (Å²) in [7, 11) is 0. The minimum absolute atomic E-state index is 0.243. The lowest BCUT2D eigenvalue weighted by molar-refractivity contribution is -0.141. The van der Waals surface area contributed by atoms with Crippen LogP contribution in [0.25, 0.3) is 11.1 Å². The van der Waals surface area contributed by atoms with Gasteiger partial charge in [0.15, 0.2) is 0 Å². The second kappa shape index (κ2) is 9.56. The van der Waals surface area contributed by atoms with Crippen molar-refractivity contribution in [3.05, 3.63) is 102 Å². The van der Waals surface area contributed by atoms with Gasteiger partial charge in [-0.3, -0.25) is 4.79 Å². The van der Waals surface area contributed by atoms with Crippen molar-refractivity contribution in [3.8, 4) is 5.75 Å². The maximum absolute atomic E-state index is 11.1. The largest absolute Gasteiger partial charge is 0.508 e. The molecule has 0 aliphatic carbocycles. The van der Waals surface area contributed by atoms with Crippen molar-refractivity contribution in [1.82, 2.24) is 0 Å².